The molecule has 0 unspecified atom stereocenters. The van der Waals surface area contributed by atoms with Crippen molar-refractivity contribution >= 4 is 39.1 Å². The summed E-state index contributed by atoms with van der Waals surface area (Å²) in [7, 11) is 0. The number of carbonyl (C=O) groups is 2. The lowest BCUT2D eigenvalue weighted by molar-refractivity contribution is -0.0498. The number of rotatable bonds is 6. The molecule has 0 radical (unpaired) electrons. The summed E-state index contributed by atoms with van der Waals surface area (Å²) in [5.74, 6) is -0.846. The number of halogens is 3. The SMILES string of the molecule is O=C(Nc1ccccc1C(=O)Nc1ccc(OC(F)F)cc1)c1ccccc1Br. The van der Waals surface area contributed by atoms with Crippen molar-refractivity contribution in [2.45, 2.75) is 6.61 Å². The molecule has 148 valence electrons. The molecule has 0 heterocycles. The molecule has 0 aliphatic carbocycles. The Kier molecular flexibility index (Phi) is 6.56. The second-order valence-corrected chi connectivity index (χ2v) is 6.69. The fourth-order valence-corrected chi connectivity index (χ4v) is 3.01. The molecule has 0 bridgehead atoms. The van der Waals surface area contributed by atoms with Crippen LogP contribution in [0.1, 0.15) is 20.7 Å². The Labute approximate surface area is 173 Å². The summed E-state index contributed by atoms with van der Waals surface area (Å²) in [4.78, 5) is 25.2. The molecule has 2 N–H and O–H groups in total. The third kappa shape index (κ3) is 5.39. The molecule has 0 aliphatic rings. The van der Waals surface area contributed by atoms with Gasteiger partial charge in [-0.25, -0.2) is 0 Å². The van der Waals surface area contributed by atoms with Crippen LogP contribution >= 0.6 is 15.9 Å². The largest absolute Gasteiger partial charge is 0.435 e. The molecule has 0 aliphatic heterocycles. The van der Waals surface area contributed by atoms with Crippen LogP contribution in [0, 0.1) is 0 Å². The third-order valence-electron chi connectivity index (χ3n) is 3.88. The molecule has 0 spiro atoms. The maximum atomic E-state index is 12.7. The van der Waals surface area contributed by atoms with Crippen molar-refractivity contribution in [3.05, 3.63) is 88.4 Å². The van der Waals surface area contributed by atoms with Gasteiger partial charge in [0.1, 0.15) is 5.75 Å². The van der Waals surface area contributed by atoms with Crippen LogP contribution in [0.4, 0.5) is 20.2 Å². The lowest BCUT2D eigenvalue weighted by Crippen LogP contribution is -2.18. The fourth-order valence-electron chi connectivity index (χ4n) is 2.54. The highest BCUT2D eigenvalue weighted by Crippen LogP contribution is 2.22. The maximum Gasteiger partial charge on any atom is 0.387 e. The molecule has 3 rings (SSSR count). The first-order chi connectivity index (χ1) is 13.9. The quantitative estimate of drug-likeness (QED) is 0.506. The summed E-state index contributed by atoms with van der Waals surface area (Å²) in [6, 6.07) is 19.0. The van der Waals surface area contributed by atoms with Gasteiger partial charge >= 0.3 is 6.61 Å². The maximum absolute atomic E-state index is 12.7. The molecular weight excluding hydrogens is 446 g/mol. The molecule has 0 saturated carbocycles. The van der Waals surface area contributed by atoms with E-state index in [1.165, 1.54) is 24.3 Å². The molecule has 0 atom stereocenters. The Hall–Kier alpha value is -3.26. The lowest BCUT2D eigenvalue weighted by atomic mass is 10.1. The minimum atomic E-state index is -2.92. The van der Waals surface area contributed by atoms with Crippen LogP contribution in [0.25, 0.3) is 0 Å². The molecule has 8 heteroatoms. The Balaban J connectivity index is 1.75. The summed E-state index contributed by atoms with van der Waals surface area (Å²) in [5.41, 5.74) is 1.41. The summed E-state index contributed by atoms with van der Waals surface area (Å²) >= 11 is 3.33. The van der Waals surface area contributed by atoms with Crippen LogP contribution in [-0.4, -0.2) is 18.4 Å². The second-order valence-electron chi connectivity index (χ2n) is 5.84. The van der Waals surface area contributed by atoms with Crippen molar-refractivity contribution < 1.29 is 23.1 Å². The van der Waals surface area contributed by atoms with Gasteiger partial charge in [0.05, 0.1) is 16.8 Å². The number of ether oxygens (including phenoxy) is 1. The van der Waals surface area contributed by atoms with Crippen molar-refractivity contribution in [1.82, 2.24) is 0 Å². The van der Waals surface area contributed by atoms with Gasteiger partial charge in [-0.05, 0) is 64.5 Å². The summed E-state index contributed by atoms with van der Waals surface area (Å²) in [6.45, 7) is -2.92. The number of nitrogens with one attached hydrogen (secondary N) is 2. The van der Waals surface area contributed by atoms with Gasteiger partial charge in [-0.3, -0.25) is 9.59 Å². The van der Waals surface area contributed by atoms with Gasteiger partial charge in [0.25, 0.3) is 11.8 Å². The van der Waals surface area contributed by atoms with Gasteiger partial charge in [-0.2, -0.15) is 8.78 Å². The molecule has 3 aromatic carbocycles. The number of hydrogen-bond donors (Lipinski definition) is 2. The van der Waals surface area contributed by atoms with Crippen LogP contribution in [0.15, 0.2) is 77.3 Å². The first-order valence-electron chi connectivity index (χ1n) is 8.45. The first kappa shape index (κ1) is 20.5. The van der Waals surface area contributed by atoms with Gasteiger partial charge in [0.2, 0.25) is 0 Å². The summed E-state index contributed by atoms with van der Waals surface area (Å²) in [6.07, 6.45) is 0. The van der Waals surface area contributed by atoms with E-state index in [0.29, 0.717) is 21.4 Å². The van der Waals surface area contributed by atoms with E-state index in [1.54, 1.807) is 48.5 Å². The van der Waals surface area contributed by atoms with E-state index < -0.39 is 12.5 Å². The van der Waals surface area contributed by atoms with E-state index in [1.807, 2.05) is 0 Å². The van der Waals surface area contributed by atoms with Crippen LogP contribution in [0.2, 0.25) is 0 Å². The Morgan fingerprint density at radius 2 is 1.38 bits per heavy atom. The highest BCUT2D eigenvalue weighted by Gasteiger charge is 2.16. The van der Waals surface area contributed by atoms with Crippen molar-refractivity contribution in [1.29, 1.82) is 0 Å². The molecule has 2 amide bonds. The van der Waals surface area contributed by atoms with Gasteiger partial charge < -0.3 is 15.4 Å². The normalized spacial score (nSPS) is 10.5. The number of para-hydroxylation sites is 1. The Bertz CT molecular complexity index is 1030. The Morgan fingerprint density at radius 3 is 2.03 bits per heavy atom. The van der Waals surface area contributed by atoms with E-state index in [9.17, 15) is 18.4 Å². The number of alkyl halides is 2. The smallest absolute Gasteiger partial charge is 0.387 e. The van der Waals surface area contributed by atoms with Crippen LogP contribution < -0.4 is 15.4 Å². The van der Waals surface area contributed by atoms with Gasteiger partial charge in [0, 0.05) is 10.2 Å². The van der Waals surface area contributed by atoms with Crippen LogP contribution in [0.5, 0.6) is 5.75 Å². The number of amides is 2. The summed E-state index contributed by atoms with van der Waals surface area (Å²) in [5, 5.41) is 5.39. The van der Waals surface area contributed by atoms with Crippen molar-refractivity contribution in [3.8, 4) is 5.75 Å². The highest BCUT2D eigenvalue weighted by atomic mass is 79.9. The minimum absolute atomic E-state index is 0.0147. The molecule has 5 nitrogen and oxygen atoms in total. The number of carbonyl (C=O) groups excluding carboxylic acids is 2. The average molecular weight is 461 g/mol. The second kappa shape index (κ2) is 9.29. The predicted octanol–water partition coefficient (Wildman–Crippen LogP) is 5.56. The third-order valence-corrected chi connectivity index (χ3v) is 4.57. The van der Waals surface area contributed by atoms with E-state index in [4.69, 9.17) is 0 Å². The van der Waals surface area contributed by atoms with E-state index in [2.05, 4.69) is 31.3 Å². The zero-order chi connectivity index (χ0) is 20.8. The number of anilines is 2. The molecule has 0 saturated heterocycles. The zero-order valence-corrected chi connectivity index (χ0v) is 16.5. The van der Waals surface area contributed by atoms with E-state index in [-0.39, 0.29) is 17.2 Å². The molecule has 0 fully saturated rings. The minimum Gasteiger partial charge on any atom is -0.435 e. The standard InChI is InChI=1S/C21H15BrF2N2O3/c22-17-7-3-1-5-15(17)19(27)26-18-8-4-2-6-16(18)20(28)25-13-9-11-14(12-10-13)29-21(23)24/h1-12,21H,(H,25,28)(H,26,27). The molecule has 3 aromatic rings. The van der Waals surface area contributed by atoms with Gasteiger partial charge in [0.15, 0.2) is 0 Å². The lowest BCUT2D eigenvalue weighted by Gasteiger charge is -2.12. The van der Waals surface area contributed by atoms with E-state index >= 15 is 0 Å². The molecule has 0 aromatic heterocycles. The number of hydrogen-bond acceptors (Lipinski definition) is 3. The van der Waals surface area contributed by atoms with Crippen molar-refractivity contribution in [3.63, 3.8) is 0 Å². The molecule has 29 heavy (non-hydrogen) atoms. The fraction of sp³-hybridized carbons (Fsp3) is 0.0476. The summed E-state index contributed by atoms with van der Waals surface area (Å²) < 4.78 is 29.3. The zero-order valence-electron chi connectivity index (χ0n) is 14.9. The number of benzene rings is 3. The van der Waals surface area contributed by atoms with Gasteiger partial charge in [-0.15, -0.1) is 0 Å². The first-order valence-corrected chi connectivity index (χ1v) is 9.24. The monoisotopic (exact) mass is 460 g/mol. The topological polar surface area (TPSA) is 67.4 Å². The van der Waals surface area contributed by atoms with Crippen molar-refractivity contribution in [2.24, 2.45) is 0 Å². The Morgan fingerprint density at radius 1 is 0.793 bits per heavy atom. The van der Waals surface area contributed by atoms with E-state index in [0.717, 1.165) is 0 Å². The molecular formula is C21H15BrF2N2O3. The predicted molar refractivity (Wildman–Crippen MR) is 110 cm³/mol. The van der Waals surface area contributed by atoms with Crippen molar-refractivity contribution in [2.75, 3.05) is 10.6 Å². The average Bonchev–Trinajstić information content (AvgIpc) is 2.69. The van der Waals surface area contributed by atoms with Crippen LogP contribution in [0.3, 0.4) is 0 Å². The van der Waals surface area contributed by atoms with Gasteiger partial charge in [-0.1, -0.05) is 24.3 Å². The van der Waals surface area contributed by atoms with Crippen LogP contribution in [-0.2, 0) is 0 Å². The highest BCUT2D eigenvalue weighted by molar-refractivity contribution is 9.10.